The van der Waals surface area contributed by atoms with Crippen molar-refractivity contribution in [3.05, 3.63) is 0 Å². The van der Waals surface area contributed by atoms with Crippen molar-refractivity contribution >= 4 is 19.9 Å². The average Bonchev–Trinajstić information content (AvgIpc) is 2.27. The summed E-state index contributed by atoms with van der Waals surface area (Å²) < 4.78 is 47.2. The van der Waals surface area contributed by atoms with Crippen LogP contribution in [-0.4, -0.2) is 83.1 Å². The molecule has 0 aromatic heterocycles. The third-order valence-corrected chi connectivity index (χ3v) is 5.96. The first-order valence-electron chi connectivity index (χ1n) is 5.82. The van der Waals surface area contributed by atoms with E-state index >= 15 is 0 Å². The summed E-state index contributed by atoms with van der Waals surface area (Å²) >= 11 is 0. The van der Waals surface area contributed by atoms with Gasteiger partial charge in [0.15, 0.2) is 0 Å². The van der Waals surface area contributed by atoms with Crippen molar-refractivity contribution in [2.45, 2.75) is 0 Å². The van der Waals surface area contributed by atoms with Gasteiger partial charge >= 0.3 is 0 Å². The summed E-state index contributed by atoms with van der Waals surface area (Å²) in [6.45, 7) is 3.43. The highest BCUT2D eigenvalue weighted by atomic mass is 32.2. The van der Waals surface area contributed by atoms with Crippen molar-refractivity contribution in [3.63, 3.8) is 0 Å². The van der Waals surface area contributed by atoms with Crippen LogP contribution < -0.4 is 5.73 Å². The summed E-state index contributed by atoms with van der Waals surface area (Å²) in [5.74, 6) is -0.652. The van der Waals surface area contributed by atoms with Crippen molar-refractivity contribution in [1.29, 1.82) is 0 Å². The predicted molar refractivity (Wildman–Crippen MR) is 70.6 cm³/mol. The maximum atomic E-state index is 11.9. The minimum Gasteiger partial charge on any atom is -0.329 e. The maximum Gasteiger partial charge on any atom is 0.215 e. The highest BCUT2D eigenvalue weighted by Gasteiger charge is 2.27. The Hall–Kier alpha value is -0.220. The standard InChI is InChI=1S/C9H21N3O4S2/c1-17(13,14)8-9-18(15,16)12-6-4-11(3-2-10)5-7-12/h2-10H2,1H3. The number of piperazine rings is 1. The number of rotatable bonds is 6. The van der Waals surface area contributed by atoms with E-state index in [1.165, 1.54) is 4.31 Å². The molecule has 0 atom stereocenters. The van der Waals surface area contributed by atoms with E-state index in [2.05, 4.69) is 4.90 Å². The quantitative estimate of drug-likeness (QED) is 0.605. The third-order valence-electron chi connectivity index (χ3n) is 2.88. The van der Waals surface area contributed by atoms with Gasteiger partial charge < -0.3 is 5.73 Å². The number of sulfonamides is 1. The molecule has 1 aliphatic heterocycles. The molecule has 0 amide bonds. The minimum absolute atomic E-state index is 0.321. The summed E-state index contributed by atoms with van der Waals surface area (Å²) in [6.07, 6.45) is 1.04. The molecule has 0 aliphatic carbocycles. The zero-order valence-corrected chi connectivity index (χ0v) is 12.2. The maximum absolute atomic E-state index is 11.9. The Bertz CT molecular complexity index is 452. The van der Waals surface area contributed by atoms with Gasteiger partial charge in [-0.05, 0) is 0 Å². The molecule has 0 bridgehead atoms. The molecular weight excluding hydrogens is 278 g/mol. The van der Waals surface area contributed by atoms with Gasteiger partial charge in [-0.3, -0.25) is 4.90 Å². The lowest BCUT2D eigenvalue weighted by Gasteiger charge is -2.33. The smallest absolute Gasteiger partial charge is 0.215 e. The van der Waals surface area contributed by atoms with Crippen molar-refractivity contribution < 1.29 is 16.8 Å². The summed E-state index contributed by atoms with van der Waals surface area (Å²) in [5.41, 5.74) is 5.44. The van der Waals surface area contributed by atoms with Crippen molar-refractivity contribution in [2.75, 3.05) is 57.0 Å². The lowest BCUT2D eigenvalue weighted by atomic mass is 10.3. The van der Waals surface area contributed by atoms with Gasteiger partial charge in [-0.15, -0.1) is 0 Å². The van der Waals surface area contributed by atoms with E-state index in [4.69, 9.17) is 5.73 Å². The van der Waals surface area contributed by atoms with Gasteiger partial charge in [-0.2, -0.15) is 4.31 Å². The fourth-order valence-corrected chi connectivity index (χ4v) is 4.83. The molecule has 1 saturated heterocycles. The molecule has 0 unspecified atom stereocenters. The number of nitrogens with two attached hydrogens (primary N) is 1. The molecule has 2 N–H and O–H groups in total. The van der Waals surface area contributed by atoms with Crippen LogP contribution in [0.25, 0.3) is 0 Å². The molecule has 1 heterocycles. The Balaban J connectivity index is 2.50. The lowest BCUT2D eigenvalue weighted by molar-refractivity contribution is 0.193. The Morgan fingerprint density at radius 3 is 2.00 bits per heavy atom. The van der Waals surface area contributed by atoms with Crippen molar-refractivity contribution in [3.8, 4) is 0 Å². The molecule has 9 heteroatoms. The molecule has 0 radical (unpaired) electrons. The molecular formula is C9H21N3O4S2. The van der Waals surface area contributed by atoms with Gasteiger partial charge in [0, 0.05) is 45.5 Å². The topological polar surface area (TPSA) is 101 Å². The van der Waals surface area contributed by atoms with Gasteiger partial charge in [-0.25, -0.2) is 16.8 Å². The fourth-order valence-electron chi connectivity index (χ4n) is 1.80. The van der Waals surface area contributed by atoms with Crippen LogP contribution >= 0.6 is 0 Å². The van der Waals surface area contributed by atoms with Crippen LogP contribution in [0.2, 0.25) is 0 Å². The summed E-state index contributed by atoms with van der Waals surface area (Å²) in [5, 5.41) is 0. The van der Waals surface area contributed by atoms with Gasteiger partial charge in [0.05, 0.1) is 11.5 Å². The average molecular weight is 299 g/mol. The van der Waals surface area contributed by atoms with E-state index in [-0.39, 0.29) is 11.5 Å². The van der Waals surface area contributed by atoms with Gasteiger partial charge in [0.25, 0.3) is 0 Å². The van der Waals surface area contributed by atoms with Crippen LogP contribution in [-0.2, 0) is 19.9 Å². The highest BCUT2D eigenvalue weighted by molar-refractivity contribution is 7.93. The van der Waals surface area contributed by atoms with Crippen LogP contribution in [0.1, 0.15) is 0 Å². The van der Waals surface area contributed by atoms with Crippen molar-refractivity contribution in [1.82, 2.24) is 9.21 Å². The third kappa shape index (κ3) is 5.19. The number of nitrogens with zero attached hydrogens (tertiary/aromatic N) is 2. The zero-order valence-electron chi connectivity index (χ0n) is 10.6. The molecule has 108 valence electrons. The summed E-state index contributed by atoms with van der Waals surface area (Å²) in [4.78, 5) is 2.10. The second-order valence-corrected chi connectivity index (χ2v) is 8.82. The number of sulfone groups is 1. The lowest BCUT2D eigenvalue weighted by Crippen LogP contribution is -2.50. The van der Waals surface area contributed by atoms with E-state index in [0.717, 1.165) is 12.8 Å². The Labute approximate surface area is 109 Å². The van der Waals surface area contributed by atoms with Gasteiger partial charge in [0.2, 0.25) is 10.0 Å². The Morgan fingerprint density at radius 1 is 1.00 bits per heavy atom. The molecule has 0 aromatic rings. The van der Waals surface area contributed by atoms with E-state index in [0.29, 0.717) is 32.7 Å². The Kier molecular flexibility index (Phi) is 5.53. The molecule has 1 rings (SSSR count). The minimum atomic E-state index is -3.46. The summed E-state index contributed by atoms with van der Waals surface area (Å²) in [6, 6.07) is 0. The SMILES string of the molecule is CS(=O)(=O)CCS(=O)(=O)N1CCN(CCN)CC1. The van der Waals surface area contributed by atoms with Crippen LogP contribution in [0.5, 0.6) is 0 Å². The molecule has 1 aliphatic rings. The highest BCUT2D eigenvalue weighted by Crippen LogP contribution is 2.08. The molecule has 7 nitrogen and oxygen atoms in total. The van der Waals surface area contributed by atoms with E-state index in [1.807, 2.05) is 0 Å². The van der Waals surface area contributed by atoms with Crippen LogP contribution in [0.3, 0.4) is 0 Å². The van der Waals surface area contributed by atoms with Crippen LogP contribution in [0, 0.1) is 0 Å². The van der Waals surface area contributed by atoms with E-state index < -0.39 is 19.9 Å². The molecule has 1 fully saturated rings. The first-order valence-corrected chi connectivity index (χ1v) is 9.49. The van der Waals surface area contributed by atoms with Crippen LogP contribution in [0.15, 0.2) is 0 Å². The molecule has 0 aromatic carbocycles. The predicted octanol–water partition coefficient (Wildman–Crippen LogP) is -2.06. The number of hydrogen-bond acceptors (Lipinski definition) is 6. The molecule has 18 heavy (non-hydrogen) atoms. The zero-order chi connectivity index (χ0) is 13.8. The second kappa shape index (κ2) is 6.29. The first kappa shape index (κ1) is 15.8. The van der Waals surface area contributed by atoms with E-state index in [9.17, 15) is 16.8 Å². The van der Waals surface area contributed by atoms with E-state index in [1.54, 1.807) is 0 Å². The second-order valence-electron chi connectivity index (χ2n) is 4.48. The van der Waals surface area contributed by atoms with Crippen LogP contribution in [0.4, 0.5) is 0 Å². The fraction of sp³-hybridized carbons (Fsp3) is 1.00. The molecule has 0 saturated carbocycles. The monoisotopic (exact) mass is 299 g/mol. The normalized spacial score (nSPS) is 20.1. The summed E-state index contributed by atoms with van der Waals surface area (Å²) in [7, 11) is -6.71. The number of hydrogen-bond donors (Lipinski definition) is 1. The first-order chi connectivity index (χ1) is 8.24. The van der Waals surface area contributed by atoms with Gasteiger partial charge in [0.1, 0.15) is 9.84 Å². The van der Waals surface area contributed by atoms with Crippen molar-refractivity contribution in [2.24, 2.45) is 5.73 Å². The Morgan fingerprint density at radius 2 is 1.56 bits per heavy atom. The van der Waals surface area contributed by atoms with Gasteiger partial charge in [-0.1, -0.05) is 0 Å². The molecule has 0 spiro atoms. The largest absolute Gasteiger partial charge is 0.329 e.